The molecular formula is C12H12F2O. The first-order valence-electron chi connectivity index (χ1n) is 4.95. The normalized spacial score (nSPS) is 18.8. The Bertz CT molecular complexity index is 435. The fourth-order valence-corrected chi connectivity index (χ4v) is 2.20. The van der Waals surface area contributed by atoms with Gasteiger partial charge in [-0.15, -0.1) is 0 Å². The van der Waals surface area contributed by atoms with Crippen LogP contribution in [0.3, 0.4) is 0 Å². The highest BCUT2D eigenvalue weighted by Gasteiger charge is 2.38. The average molecular weight is 210 g/mol. The summed E-state index contributed by atoms with van der Waals surface area (Å²) >= 11 is 0. The number of ketones is 1. The van der Waals surface area contributed by atoms with Gasteiger partial charge in [0, 0.05) is 12.0 Å². The minimum absolute atomic E-state index is 0.0282. The summed E-state index contributed by atoms with van der Waals surface area (Å²) in [6, 6.07) is 2.22. The van der Waals surface area contributed by atoms with Crippen molar-refractivity contribution in [2.24, 2.45) is 0 Å². The van der Waals surface area contributed by atoms with Crippen LogP contribution in [0.1, 0.15) is 31.4 Å². The second kappa shape index (κ2) is 3.12. The SMILES string of the molecule is CC1(C)C(=O)CCc2c(F)ccc(F)c21. The summed E-state index contributed by atoms with van der Waals surface area (Å²) in [5.41, 5.74) is -0.307. The molecule has 0 N–H and O–H groups in total. The lowest BCUT2D eigenvalue weighted by molar-refractivity contribution is -0.124. The minimum atomic E-state index is -0.903. The van der Waals surface area contributed by atoms with Crippen LogP contribution in [0, 0.1) is 11.6 Å². The summed E-state index contributed by atoms with van der Waals surface area (Å²) in [5, 5.41) is 0. The van der Waals surface area contributed by atoms with Gasteiger partial charge in [-0.2, -0.15) is 0 Å². The van der Waals surface area contributed by atoms with Gasteiger partial charge in [0.2, 0.25) is 0 Å². The molecule has 0 aromatic heterocycles. The zero-order valence-corrected chi connectivity index (χ0v) is 8.73. The third kappa shape index (κ3) is 1.37. The van der Waals surface area contributed by atoms with Crippen LogP contribution < -0.4 is 0 Å². The molecule has 2 rings (SSSR count). The molecule has 1 nitrogen and oxygen atoms in total. The molecule has 0 saturated carbocycles. The predicted octanol–water partition coefficient (Wildman–Crippen LogP) is 2.76. The molecule has 0 aliphatic heterocycles. The summed E-state index contributed by atoms with van der Waals surface area (Å²) in [4.78, 5) is 11.7. The molecule has 3 heteroatoms. The Hall–Kier alpha value is -1.25. The number of carbonyl (C=O) groups is 1. The number of benzene rings is 1. The molecule has 1 aliphatic rings. The zero-order valence-electron chi connectivity index (χ0n) is 8.73. The van der Waals surface area contributed by atoms with Crippen LogP contribution in [0.4, 0.5) is 8.78 Å². The lowest BCUT2D eigenvalue weighted by Gasteiger charge is -2.31. The number of fused-ring (bicyclic) bond motifs is 1. The fraction of sp³-hybridized carbons (Fsp3) is 0.417. The van der Waals surface area contributed by atoms with Gasteiger partial charge in [-0.1, -0.05) is 0 Å². The summed E-state index contributed by atoms with van der Waals surface area (Å²) in [6.45, 7) is 3.30. The first kappa shape index (κ1) is 10.3. The van der Waals surface area contributed by atoms with Crippen LogP contribution in [0.2, 0.25) is 0 Å². The minimum Gasteiger partial charge on any atom is -0.299 e. The molecule has 0 fully saturated rings. The van der Waals surface area contributed by atoms with Crippen molar-refractivity contribution < 1.29 is 13.6 Å². The molecule has 1 aromatic carbocycles. The van der Waals surface area contributed by atoms with Gasteiger partial charge in [0.25, 0.3) is 0 Å². The maximum Gasteiger partial charge on any atom is 0.143 e. The summed E-state index contributed by atoms with van der Waals surface area (Å²) in [5.74, 6) is -0.920. The Morgan fingerprint density at radius 3 is 2.40 bits per heavy atom. The van der Waals surface area contributed by atoms with Crippen LogP contribution in [-0.4, -0.2) is 5.78 Å². The van der Waals surface area contributed by atoms with E-state index in [1.54, 1.807) is 13.8 Å². The maximum atomic E-state index is 13.6. The zero-order chi connectivity index (χ0) is 11.2. The quantitative estimate of drug-likeness (QED) is 0.643. The van der Waals surface area contributed by atoms with Crippen molar-refractivity contribution in [1.29, 1.82) is 0 Å². The van der Waals surface area contributed by atoms with Crippen molar-refractivity contribution in [3.63, 3.8) is 0 Å². The predicted molar refractivity (Wildman–Crippen MR) is 52.7 cm³/mol. The van der Waals surface area contributed by atoms with Gasteiger partial charge >= 0.3 is 0 Å². The molecule has 80 valence electrons. The van der Waals surface area contributed by atoms with Crippen molar-refractivity contribution in [2.45, 2.75) is 32.1 Å². The molecule has 1 aliphatic carbocycles. The number of hydrogen-bond acceptors (Lipinski definition) is 1. The summed E-state index contributed by atoms with van der Waals surface area (Å²) < 4.78 is 27.0. The largest absolute Gasteiger partial charge is 0.299 e. The third-order valence-corrected chi connectivity index (χ3v) is 3.13. The Morgan fingerprint density at radius 1 is 1.13 bits per heavy atom. The van der Waals surface area contributed by atoms with Gasteiger partial charge in [0.1, 0.15) is 17.4 Å². The van der Waals surface area contributed by atoms with Crippen LogP contribution in [0.15, 0.2) is 12.1 Å². The molecule has 0 spiro atoms. The van der Waals surface area contributed by atoms with Gasteiger partial charge < -0.3 is 0 Å². The van der Waals surface area contributed by atoms with E-state index < -0.39 is 17.0 Å². The van der Waals surface area contributed by atoms with Crippen LogP contribution >= 0.6 is 0 Å². The van der Waals surface area contributed by atoms with Gasteiger partial charge in [-0.25, -0.2) is 8.78 Å². The number of carbonyl (C=O) groups excluding carboxylic acids is 1. The lowest BCUT2D eigenvalue weighted by Crippen LogP contribution is -2.36. The summed E-state index contributed by atoms with van der Waals surface area (Å²) in [7, 11) is 0. The molecule has 15 heavy (non-hydrogen) atoms. The lowest BCUT2D eigenvalue weighted by atomic mass is 9.71. The molecule has 0 amide bonds. The molecule has 0 bridgehead atoms. The molecule has 0 radical (unpaired) electrons. The Balaban J connectivity index is 2.73. The van der Waals surface area contributed by atoms with E-state index in [1.807, 2.05) is 0 Å². The molecule has 1 aromatic rings. The van der Waals surface area contributed by atoms with E-state index in [2.05, 4.69) is 0 Å². The fourth-order valence-electron chi connectivity index (χ4n) is 2.20. The highest BCUT2D eigenvalue weighted by Crippen LogP contribution is 2.37. The van der Waals surface area contributed by atoms with Gasteiger partial charge in [0.05, 0.1) is 5.41 Å². The van der Waals surface area contributed by atoms with E-state index in [1.165, 1.54) is 0 Å². The molecule has 0 unspecified atom stereocenters. The summed E-state index contributed by atoms with van der Waals surface area (Å²) in [6.07, 6.45) is 0.599. The topological polar surface area (TPSA) is 17.1 Å². The molecule has 0 atom stereocenters. The standard InChI is InChI=1S/C12H12F2O/c1-12(2)10(15)6-3-7-8(13)4-5-9(14)11(7)12/h4-5H,3,6H2,1-2H3. The van der Waals surface area contributed by atoms with Crippen molar-refractivity contribution in [1.82, 2.24) is 0 Å². The van der Waals surface area contributed by atoms with Gasteiger partial charge in [-0.05, 0) is 38.0 Å². The average Bonchev–Trinajstić information content (AvgIpc) is 2.16. The smallest absolute Gasteiger partial charge is 0.143 e. The highest BCUT2D eigenvalue weighted by molar-refractivity contribution is 5.91. The van der Waals surface area contributed by atoms with Crippen LogP contribution in [0.25, 0.3) is 0 Å². The van der Waals surface area contributed by atoms with E-state index >= 15 is 0 Å². The van der Waals surface area contributed by atoms with Crippen molar-refractivity contribution >= 4 is 5.78 Å². The van der Waals surface area contributed by atoms with Crippen molar-refractivity contribution in [2.75, 3.05) is 0 Å². The Labute approximate surface area is 87.1 Å². The number of rotatable bonds is 0. The van der Waals surface area contributed by atoms with E-state index in [-0.39, 0.29) is 11.3 Å². The monoisotopic (exact) mass is 210 g/mol. The Kier molecular flexibility index (Phi) is 2.14. The third-order valence-electron chi connectivity index (χ3n) is 3.13. The van der Waals surface area contributed by atoms with Crippen molar-refractivity contribution in [3.8, 4) is 0 Å². The Morgan fingerprint density at radius 2 is 1.73 bits per heavy atom. The first-order valence-corrected chi connectivity index (χ1v) is 4.95. The number of hydrogen-bond donors (Lipinski definition) is 0. The first-order chi connectivity index (χ1) is 6.94. The van der Waals surface area contributed by atoms with Crippen molar-refractivity contribution in [3.05, 3.63) is 34.9 Å². The van der Waals surface area contributed by atoms with Crippen LogP contribution in [0.5, 0.6) is 0 Å². The second-order valence-electron chi connectivity index (χ2n) is 4.43. The second-order valence-corrected chi connectivity index (χ2v) is 4.43. The van der Waals surface area contributed by atoms with E-state index in [4.69, 9.17) is 0 Å². The van der Waals surface area contributed by atoms with E-state index in [0.29, 0.717) is 18.4 Å². The van der Waals surface area contributed by atoms with Gasteiger partial charge in [-0.3, -0.25) is 4.79 Å². The molecule has 0 saturated heterocycles. The van der Waals surface area contributed by atoms with E-state index in [9.17, 15) is 13.6 Å². The maximum absolute atomic E-state index is 13.6. The molecule has 0 heterocycles. The van der Waals surface area contributed by atoms with Crippen LogP contribution in [-0.2, 0) is 16.6 Å². The highest BCUT2D eigenvalue weighted by atomic mass is 19.1. The van der Waals surface area contributed by atoms with E-state index in [0.717, 1.165) is 12.1 Å². The molecular weight excluding hydrogens is 198 g/mol. The number of Topliss-reactive ketones (excluding diaryl/α,β-unsaturated/α-hetero) is 1. The van der Waals surface area contributed by atoms with Gasteiger partial charge in [0.15, 0.2) is 0 Å². The number of halogens is 2.